The third-order valence-corrected chi connectivity index (χ3v) is 13.6. The molecule has 9 nitrogen and oxygen atoms in total. The summed E-state index contributed by atoms with van der Waals surface area (Å²) in [4.78, 5) is 37.6. The van der Waals surface area contributed by atoms with Gasteiger partial charge in [0.05, 0.1) is 34.4 Å². The van der Waals surface area contributed by atoms with Gasteiger partial charge < -0.3 is 28.5 Å². The minimum Gasteiger partial charge on any atom is -0.477 e. The monoisotopic (exact) mass is 1150 g/mol. The van der Waals surface area contributed by atoms with E-state index in [9.17, 15) is 19.5 Å². The van der Waals surface area contributed by atoms with Crippen LogP contribution in [0.3, 0.4) is 0 Å². The maximum absolute atomic E-state index is 12.9. The molecule has 2 unspecified atom stereocenters. The highest BCUT2D eigenvalue weighted by atomic mass is 16.7. The second-order valence-corrected chi connectivity index (χ2v) is 22.7. The van der Waals surface area contributed by atoms with Crippen molar-refractivity contribution in [2.45, 2.75) is 257 Å². The zero-order chi connectivity index (χ0) is 60.5. The summed E-state index contributed by atoms with van der Waals surface area (Å²) in [6.07, 6.45) is 89.3. The Morgan fingerprint density at radius 1 is 0.361 bits per heavy atom. The van der Waals surface area contributed by atoms with Crippen LogP contribution >= 0.6 is 0 Å². The van der Waals surface area contributed by atoms with Gasteiger partial charge in [0.1, 0.15) is 13.2 Å². The molecule has 0 aliphatic rings. The fraction of sp³-hybridized carbons (Fsp3) is 0.635. The molecular weight excluding hydrogens is 1030 g/mol. The standard InChI is InChI=1S/C74H121NO8/c1-6-8-10-12-14-16-18-20-22-24-26-28-30-32-34-36-38-40-42-44-46-48-50-52-54-56-58-60-62-64-71(76)81-68-70(69-82-74(73(78)79)80-67-66-75(3,4)5)83-72(77)65-63-61-59-57-55-53-51-49-47-45-43-41-39-37-35-33-31-29-27-25-23-21-19-17-15-13-11-9-7-2/h8-11,14-17,20-23,26-29,32-35,39,41,45,47,70,74H,6-7,12-13,18-19,24-25,30-31,36-38,40,42-44,46,48-69H2,1-5H3/p+1/b10-8-,11-9-,16-14-,17-15-,22-20-,23-21-,28-26-,29-27-,34-32-,35-33-,41-39-,47-45-. The van der Waals surface area contributed by atoms with E-state index in [1.54, 1.807) is 0 Å². The van der Waals surface area contributed by atoms with Crippen LogP contribution in [0, 0.1) is 0 Å². The van der Waals surface area contributed by atoms with Crippen molar-refractivity contribution in [1.82, 2.24) is 0 Å². The molecule has 0 aromatic rings. The number of nitrogens with zero attached hydrogens (tertiary/aromatic N) is 1. The van der Waals surface area contributed by atoms with Crippen molar-refractivity contribution in [3.05, 3.63) is 146 Å². The van der Waals surface area contributed by atoms with Crippen molar-refractivity contribution in [2.24, 2.45) is 0 Å². The minimum atomic E-state index is -1.52. The van der Waals surface area contributed by atoms with Crippen molar-refractivity contribution in [1.29, 1.82) is 0 Å². The van der Waals surface area contributed by atoms with Gasteiger partial charge in [-0.05, 0) is 116 Å². The molecular formula is C74H122NO8+. The van der Waals surface area contributed by atoms with E-state index in [4.69, 9.17) is 18.9 Å². The number of hydrogen-bond acceptors (Lipinski definition) is 7. The van der Waals surface area contributed by atoms with Crippen molar-refractivity contribution >= 4 is 17.9 Å². The quantitative estimate of drug-likeness (QED) is 0.0211. The molecule has 0 saturated carbocycles. The normalized spacial score (nSPS) is 13.7. The number of quaternary nitrogens is 1. The number of ether oxygens (including phenoxy) is 4. The summed E-state index contributed by atoms with van der Waals surface area (Å²) in [5.41, 5.74) is 0. The maximum atomic E-state index is 12.9. The van der Waals surface area contributed by atoms with Gasteiger partial charge in [0, 0.05) is 12.8 Å². The van der Waals surface area contributed by atoms with Crippen LogP contribution in [0.1, 0.15) is 245 Å². The van der Waals surface area contributed by atoms with E-state index in [0.29, 0.717) is 17.4 Å². The molecule has 83 heavy (non-hydrogen) atoms. The van der Waals surface area contributed by atoms with Gasteiger partial charge in [-0.1, -0.05) is 262 Å². The molecule has 9 heteroatoms. The summed E-state index contributed by atoms with van der Waals surface area (Å²) < 4.78 is 22.9. The highest BCUT2D eigenvalue weighted by Crippen LogP contribution is 2.16. The van der Waals surface area contributed by atoms with Gasteiger partial charge in [-0.25, -0.2) is 4.79 Å². The summed E-state index contributed by atoms with van der Waals surface area (Å²) in [5.74, 6) is -2.03. The second kappa shape index (κ2) is 63.2. The number of hydrogen-bond donors (Lipinski definition) is 1. The number of carbonyl (C=O) groups is 3. The van der Waals surface area contributed by atoms with Crippen molar-refractivity contribution in [3.63, 3.8) is 0 Å². The van der Waals surface area contributed by atoms with Gasteiger partial charge in [0.25, 0.3) is 6.29 Å². The van der Waals surface area contributed by atoms with Crippen LogP contribution in [0.5, 0.6) is 0 Å². The minimum absolute atomic E-state index is 0.178. The predicted octanol–water partition coefficient (Wildman–Crippen LogP) is 20.3. The number of carboxylic acids is 1. The summed E-state index contributed by atoms with van der Waals surface area (Å²) >= 11 is 0. The molecule has 0 amide bonds. The zero-order valence-corrected chi connectivity index (χ0v) is 53.5. The van der Waals surface area contributed by atoms with Crippen LogP contribution in [0.25, 0.3) is 0 Å². The molecule has 470 valence electrons. The molecule has 0 spiro atoms. The fourth-order valence-corrected chi connectivity index (χ4v) is 8.61. The van der Waals surface area contributed by atoms with E-state index in [-0.39, 0.29) is 38.6 Å². The first-order valence-corrected chi connectivity index (χ1v) is 33.0. The summed E-state index contributed by atoms with van der Waals surface area (Å²) in [5, 5.41) is 9.74. The third-order valence-electron chi connectivity index (χ3n) is 13.6. The van der Waals surface area contributed by atoms with Gasteiger partial charge in [-0.3, -0.25) is 9.59 Å². The molecule has 0 fully saturated rings. The lowest BCUT2D eigenvalue weighted by atomic mass is 10.0. The molecule has 0 aliphatic heterocycles. The Morgan fingerprint density at radius 3 is 0.964 bits per heavy atom. The maximum Gasteiger partial charge on any atom is 0.361 e. The lowest BCUT2D eigenvalue weighted by Crippen LogP contribution is -2.40. The van der Waals surface area contributed by atoms with E-state index in [1.807, 2.05) is 21.1 Å². The fourth-order valence-electron chi connectivity index (χ4n) is 8.61. The number of likely N-dealkylation sites (N-methyl/N-ethyl adjacent to an activating group) is 1. The molecule has 0 rings (SSSR count). The second-order valence-electron chi connectivity index (χ2n) is 22.7. The predicted molar refractivity (Wildman–Crippen MR) is 354 cm³/mol. The van der Waals surface area contributed by atoms with Crippen LogP contribution in [0.15, 0.2) is 146 Å². The molecule has 0 aromatic carbocycles. The molecule has 1 N–H and O–H groups in total. The molecule has 0 bridgehead atoms. The smallest absolute Gasteiger partial charge is 0.361 e. The van der Waals surface area contributed by atoms with Gasteiger partial charge >= 0.3 is 17.9 Å². The Labute approximate surface area is 509 Å². The van der Waals surface area contributed by atoms with Crippen LogP contribution < -0.4 is 0 Å². The van der Waals surface area contributed by atoms with Gasteiger partial charge in [0.15, 0.2) is 6.10 Å². The molecule has 0 aliphatic carbocycles. The number of unbranched alkanes of at least 4 members (excludes halogenated alkanes) is 20. The Balaban J connectivity index is 4.23. The lowest BCUT2D eigenvalue weighted by Gasteiger charge is -2.25. The molecule has 2 atom stereocenters. The Bertz CT molecular complexity index is 1870. The van der Waals surface area contributed by atoms with E-state index in [1.165, 1.54) is 89.9 Å². The first-order valence-electron chi connectivity index (χ1n) is 33.0. The topological polar surface area (TPSA) is 108 Å². The third kappa shape index (κ3) is 64.6. The summed E-state index contributed by atoms with van der Waals surface area (Å²) in [6, 6.07) is 0. The lowest BCUT2D eigenvalue weighted by molar-refractivity contribution is -0.870. The zero-order valence-electron chi connectivity index (χ0n) is 53.5. The number of aliphatic carboxylic acids is 1. The van der Waals surface area contributed by atoms with E-state index in [0.717, 1.165) is 122 Å². The van der Waals surface area contributed by atoms with Crippen LogP contribution in [-0.2, 0) is 33.3 Å². The first kappa shape index (κ1) is 78.2. The van der Waals surface area contributed by atoms with Crippen molar-refractivity contribution < 1.29 is 42.9 Å². The van der Waals surface area contributed by atoms with E-state index in [2.05, 4.69) is 160 Å². The Hall–Kier alpha value is -4.83. The van der Waals surface area contributed by atoms with Gasteiger partial charge in [0.2, 0.25) is 0 Å². The first-order chi connectivity index (χ1) is 40.6. The Morgan fingerprint density at radius 2 is 0.651 bits per heavy atom. The van der Waals surface area contributed by atoms with Crippen LogP contribution in [-0.4, -0.2) is 87.4 Å². The highest BCUT2D eigenvalue weighted by Gasteiger charge is 2.25. The Kier molecular flexibility index (Phi) is 59.5. The largest absolute Gasteiger partial charge is 0.477 e. The van der Waals surface area contributed by atoms with Crippen LogP contribution in [0.4, 0.5) is 0 Å². The van der Waals surface area contributed by atoms with Crippen molar-refractivity contribution in [2.75, 3.05) is 47.5 Å². The summed E-state index contributed by atoms with van der Waals surface area (Å²) in [6.45, 7) is 4.63. The molecule has 0 heterocycles. The molecule has 0 saturated heterocycles. The number of rotatable bonds is 59. The van der Waals surface area contributed by atoms with Gasteiger partial charge in [-0.15, -0.1) is 0 Å². The SMILES string of the molecule is CC/C=C\C/C=C\C/C=C\C/C=C\C/C=C\C/C=C\C/C=C\CCCCCCCCCC(=O)OC(COC(=O)CCCCCCCCCCCCCCC/C=C\C/C=C\C/C=C\C/C=C\C/C=C\CC)COC(OCC[N+](C)(C)C)C(=O)O. The number of carboxylic acid groups (broad SMARTS) is 1. The number of allylic oxidation sites excluding steroid dienone is 24. The van der Waals surface area contributed by atoms with Crippen molar-refractivity contribution in [3.8, 4) is 0 Å². The average Bonchev–Trinajstić information content (AvgIpc) is 3.46. The number of carbonyl (C=O) groups excluding carboxylic acids is 2. The van der Waals surface area contributed by atoms with E-state index < -0.39 is 24.3 Å². The van der Waals surface area contributed by atoms with E-state index >= 15 is 0 Å². The van der Waals surface area contributed by atoms with Crippen LogP contribution in [0.2, 0.25) is 0 Å². The summed E-state index contributed by atoms with van der Waals surface area (Å²) in [7, 11) is 5.96. The molecule has 0 radical (unpaired) electrons. The molecule has 0 aromatic heterocycles. The number of esters is 2. The highest BCUT2D eigenvalue weighted by molar-refractivity contribution is 5.71. The average molecular weight is 1150 g/mol. The van der Waals surface area contributed by atoms with Gasteiger partial charge in [-0.2, -0.15) is 0 Å².